The van der Waals surface area contributed by atoms with Crippen LogP contribution in [0.25, 0.3) is 0 Å². The number of benzene rings is 1. The van der Waals surface area contributed by atoms with Crippen molar-refractivity contribution in [3.63, 3.8) is 0 Å². The van der Waals surface area contributed by atoms with Gasteiger partial charge in [-0.2, -0.15) is 0 Å². The molecule has 3 heteroatoms. The first-order chi connectivity index (χ1) is 7.96. The largest absolute Gasteiger partial charge is 0.493 e. The summed E-state index contributed by atoms with van der Waals surface area (Å²) in [5, 5.41) is 9.05. The van der Waals surface area contributed by atoms with Crippen LogP contribution in [-0.4, -0.2) is 23.9 Å². The third kappa shape index (κ3) is 4.36. The van der Waals surface area contributed by atoms with Crippen molar-refractivity contribution in [3.8, 4) is 5.75 Å². The Balaban J connectivity index is 2.58. The van der Waals surface area contributed by atoms with Gasteiger partial charge in [-0.1, -0.05) is 32.0 Å². The molecule has 17 heavy (non-hydrogen) atoms. The molecule has 0 fully saturated rings. The van der Waals surface area contributed by atoms with E-state index in [1.54, 1.807) is 0 Å². The summed E-state index contributed by atoms with van der Waals surface area (Å²) in [6.45, 7) is 6.61. The fourth-order valence-corrected chi connectivity index (χ4v) is 1.56. The standard InChI is InChI=1S/C14H23NO2/c1-11(2)12-6-4-5-7-13(12)17-9-8-14(3,15)10-16/h4-7,11,16H,8-10,15H2,1-3H3. The van der Waals surface area contributed by atoms with E-state index in [0.717, 1.165) is 5.75 Å². The molecule has 0 saturated heterocycles. The highest BCUT2D eigenvalue weighted by Gasteiger charge is 2.17. The monoisotopic (exact) mass is 237 g/mol. The van der Waals surface area contributed by atoms with Crippen LogP contribution in [0, 0.1) is 0 Å². The molecule has 1 aromatic rings. The lowest BCUT2D eigenvalue weighted by molar-refractivity contribution is 0.174. The SMILES string of the molecule is CC(C)c1ccccc1OCCC(C)(N)CO. The predicted molar refractivity (Wildman–Crippen MR) is 70.3 cm³/mol. The van der Waals surface area contributed by atoms with E-state index < -0.39 is 5.54 Å². The summed E-state index contributed by atoms with van der Waals surface area (Å²) in [5.41, 5.74) is 6.49. The Hall–Kier alpha value is -1.06. The molecule has 1 rings (SSSR count). The molecule has 1 atom stereocenters. The maximum atomic E-state index is 9.05. The first-order valence-electron chi connectivity index (χ1n) is 6.08. The van der Waals surface area contributed by atoms with Gasteiger partial charge in [-0.15, -0.1) is 0 Å². The van der Waals surface area contributed by atoms with Crippen molar-refractivity contribution in [1.82, 2.24) is 0 Å². The van der Waals surface area contributed by atoms with Crippen LogP contribution in [0.2, 0.25) is 0 Å². The van der Waals surface area contributed by atoms with Crippen LogP contribution in [0.4, 0.5) is 0 Å². The van der Waals surface area contributed by atoms with Crippen LogP contribution in [0.15, 0.2) is 24.3 Å². The summed E-state index contributed by atoms with van der Waals surface area (Å²) in [4.78, 5) is 0. The van der Waals surface area contributed by atoms with E-state index in [1.165, 1.54) is 5.56 Å². The second kappa shape index (κ2) is 6.03. The van der Waals surface area contributed by atoms with Gasteiger partial charge in [0.25, 0.3) is 0 Å². The van der Waals surface area contributed by atoms with Gasteiger partial charge in [-0.05, 0) is 24.5 Å². The van der Waals surface area contributed by atoms with Crippen LogP contribution in [0.3, 0.4) is 0 Å². The Kier molecular flexibility index (Phi) is 4.97. The summed E-state index contributed by atoms with van der Waals surface area (Å²) < 4.78 is 5.75. The van der Waals surface area contributed by atoms with Crippen molar-refractivity contribution < 1.29 is 9.84 Å². The van der Waals surface area contributed by atoms with Crippen LogP contribution in [0.5, 0.6) is 5.75 Å². The predicted octanol–water partition coefficient (Wildman–Crippen LogP) is 2.29. The summed E-state index contributed by atoms with van der Waals surface area (Å²) in [5.74, 6) is 1.35. The van der Waals surface area contributed by atoms with Gasteiger partial charge in [0, 0.05) is 12.0 Å². The molecule has 0 aliphatic heterocycles. The van der Waals surface area contributed by atoms with E-state index in [0.29, 0.717) is 18.9 Å². The molecule has 0 bridgehead atoms. The minimum absolute atomic E-state index is 0.0256. The second-order valence-electron chi connectivity index (χ2n) is 5.10. The van der Waals surface area contributed by atoms with E-state index in [2.05, 4.69) is 19.9 Å². The Morgan fingerprint density at radius 2 is 2.00 bits per heavy atom. The lowest BCUT2D eigenvalue weighted by atomic mass is 10.0. The number of aliphatic hydroxyl groups excluding tert-OH is 1. The third-order valence-electron chi connectivity index (χ3n) is 2.83. The molecule has 0 amide bonds. The molecule has 0 aliphatic carbocycles. The summed E-state index contributed by atoms with van der Waals surface area (Å²) in [6, 6.07) is 8.04. The van der Waals surface area contributed by atoms with E-state index in [-0.39, 0.29) is 6.61 Å². The van der Waals surface area contributed by atoms with Crippen molar-refractivity contribution >= 4 is 0 Å². The fraction of sp³-hybridized carbons (Fsp3) is 0.571. The molecule has 0 heterocycles. The average Bonchev–Trinajstić information content (AvgIpc) is 2.29. The topological polar surface area (TPSA) is 55.5 Å². The third-order valence-corrected chi connectivity index (χ3v) is 2.83. The van der Waals surface area contributed by atoms with Crippen molar-refractivity contribution in [3.05, 3.63) is 29.8 Å². The molecule has 1 unspecified atom stereocenters. The minimum atomic E-state index is -0.563. The number of ether oxygens (including phenoxy) is 1. The number of nitrogens with two attached hydrogens (primary N) is 1. The zero-order valence-corrected chi connectivity index (χ0v) is 10.9. The highest BCUT2D eigenvalue weighted by Crippen LogP contribution is 2.26. The van der Waals surface area contributed by atoms with E-state index >= 15 is 0 Å². The maximum Gasteiger partial charge on any atom is 0.122 e. The van der Waals surface area contributed by atoms with Gasteiger partial charge in [0.1, 0.15) is 5.75 Å². The van der Waals surface area contributed by atoms with Crippen LogP contribution in [-0.2, 0) is 0 Å². The van der Waals surface area contributed by atoms with Crippen molar-refractivity contribution in [2.24, 2.45) is 5.73 Å². The molecule has 3 N–H and O–H groups in total. The maximum absolute atomic E-state index is 9.05. The van der Waals surface area contributed by atoms with E-state index in [4.69, 9.17) is 15.6 Å². The number of hydrogen-bond acceptors (Lipinski definition) is 3. The minimum Gasteiger partial charge on any atom is -0.493 e. The van der Waals surface area contributed by atoms with E-state index in [1.807, 2.05) is 25.1 Å². The van der Waals surface area contributed by atoms with Gasteiger partial charge in [-0.25, -0.2) is 0 Å². The molecular weight excluding hydrogens is 214 g/mol. The summed E-state index contributed by atoms with van der Waals surface area (Å²) >= 11 is 0. The zero-order valence-electron chi connectivity index (χ0n) is 10.9. The number of hydrogen-bond donors (Lipinski definition) is 2. The molecule has 96 valence electrons. The lowest BCUT2D eigenvalue weighted by Crippen LogP contribution is -2.41. The molecular formula is C14H23NO2. The average molecular weight is 237 g/mol. The number of para-hydroxylation sites is 1. The Morgan fingerprint density at radius 1 is 1.35 bits per heavy atom. The lowest BCUT2D eigenvalue weighted by Gasteiger charge is -2.22. The first kappa shape index (κ1) is 14.0. The van der Waals surface area contributed by atoms with Crippen molar-refractivity contribution in [1.29, 1.82) is 0 Å². The quantitative estimate of drug-likeness (QED) is 0.798. The van der Waals surface area contributed by atoms with Gasteiger partial charge in [-0.3, -0.25) is 0 Å². The van der Waals surface area contributed by atoms with Crippen LogP contribution >= 0.6 is 0 Å². The van der Waals surface area contributed by atoms with Crippen LogP contribution in [0.1, 0.15) is 38.7 Å². The number of aliphatic hydroxyl groups is 1. The van der Waals surface area contributed by atoms with Crippen molar-refractivity contribution in [2.75, 3.05) is 13.2 Å². The molecule has 0 spiro atoms. The van der Waals surface area contributed by atoms with Crippen LogP contribution < -0.4 is 10.5 Å². The first-order valence-corrected chi connectivity index (χ1v) is 6.08. The molecule has 0 saturated carbocycles. The molecule has 0 aromatic heterocycles. The van der Waals surface area contributed by atoms with Gasteiger partial charge in [0.2, 0.25) is 0 Å². The molecule has 0 aliphatic rings. The fourth-order valence-electron chi connectivity index (χ4n) is 1.56. The highest BCUT2D eigenvalue weighted by atomic mass is 16.5. The van der Waals surface area contributed by atoms with Gasteiger partial charge in [0.15, 0.2) is 0 Å². The Labute approximate surface area is 104 Å². The van der Waals surface area contributed by atoms with Gasteiger partial charge >= 0.3 is 0 Å². The van der Waals surface area contributed by atoms with Crippen molar-refractivity contribution in [2.45, 2.75) is 38.6 Å². The highest BCUT2D eigenvalue weighted by molar-refractivity contribution is 5.35. The summed E-state index contributed by atoms with van der Waals surface area (Å²) in [7, 11) is 0. The zero-order chi connectivity index (χ0) is 12.9. The smallest absolute Gasteiger partial charge is 0.122 e. The molecule has 1 aromatic carbocycles. The van der Waals surface area contributed by atoms with Gasteiger partial charge in [0.05, 0.1) is 13.2 Å². The normalized spacial score (nSPS) is 14.7. The number of rotatable bonds is 6. The molecule has 0 radical (unpaired) electrons. The Bertz CT molecular complexity index is 348. The van der Waals surface area contributed by atoms with Gasteiger partial charge < -0.3 is 15.6 Å². The summed E-state index contributed by atoms with van der Waals surface area (Å²) in [6.07, 6.45) is 0.635. The molecule has 3 nitrogen and oxygen atoms in total. The van der Waals surface area contributed by atoms with E-state index in [9.17, 15) is 0 Å². The second-order valence-corrected chi connectivity index (χ2v) is 5.10. The Morgan fingerprint density at radius 3 is 2.59 bits per heavy atom.